The van der Waals surface area contributed by atoms with Gasteiger partial charge in [0.15, 0.2) is 0 Å². The van der Waals surface area contributed by atoms with Crippen molar-refractivity contribution in [1.82, 2.24) is 10.2 Å². The zero-order valence-electron chi connectivity index (χ0n) is 14.7. The van der Waals surface area contributed by atoms with Gasteiger partial charge in [0.1, 0.15) is 0 Å². The Labute approximate surface area is 149 Å². The highest BCUT2D eigenvalue weighted by Gasteiger charge is 2.31. The minimum absolute atomic E-state index is 0.0292. The summed E-state index contributed by atoms with van der Waals surface area (Å²) >= 11 is 0. The Kier molecular flexibility index (Phi) is 5.84. The van der Waals surface area contributed by atoms with Crippen molar-refractivity contribution in [3.8, 4) is 0 Å². The van der Waals surface area contributed by atoms with Crippen LogP contribution in [-0.2, 0) is 13.0 Å². The van der Waals surface area contributed by atoms with E-state index in [1.165, 1.54) is 5.56 Å². The number of hydrogen-bond donors (Lipinski definition) is 2. The minimum Gasteiger partial charge on any atom is -0.392 e. The zero-order valence-corrected chi connectivity index (χ0v) is 14.7. The molecule has 1 aliphatic heterocycles. The summed E-state index contributed by atoms with van der Waals surface area (Å²) in [6, 6.07) is 18.1. The first-order chi connectivity index (χ1) is 12.2. The highest BCUT2D eigenvalue weighted by Crippen LogP contribution is 2.20. The number of benzene rings is 2. The molecule has 2 aromatic rings. The number of carbonyl (C=O) groups excluding carboxylic acids is 1. The van der Waals surface area contributed by atoms with E-state index in [2.05, 4.69) is 29.3 Å². The van der Waals surface area contributed by atoms with Gasteiger partial charge in [0.25, 0.3) is 5.91 Å². The van der Waals surface area contributed by atoms with Crippen LogP contribution in [0.5, 0.6) is 0 Å². The van der Waals surface area contributed by atoms with Crippen molar-refractivity contribution in [2.75, 3.05) is 13.1 Å². The van der Waals surface area contributed by atoms with Crippen LogP contribution >= 0.6 is 0 Å². The van der Waals surface area contributed by atoms with Crippen molar-refractivity contribution >= 4 is 5.91 Å². The smallest absolute Gasteiger partial charge is 0.251 e. The van der Waals surface area contributed by atoms with E-state index in [1.54, 1.807) is 0 Å². The summed E-state index contributed by atoms with van der Waals surface area (Å²) in [7, 11) is 0. The summed E-state index contributed by atoms with van der Waals surface area (Å²) in [5.41, 5.74) is 3.04. The van der Waals surface area contributed by atoms with Crippen molar-refractivity contribution < 1.29 is 9.90 Å². The van der Waals surface area contributed by atoms with Gasteiger partial charge in [-0.3, -0.25) is 9.69 Å². The van der Waals surface area contributed by atoms with Crippen LogP contribution in [0.2, 0.25) is 0 Å². The second-order valence-corrected chi connectivity index (χ2v) is 6.68. The third-order valence-electron chi connectivity index (χ3n) is 4.88. The maximum atomic E-state index is 12.5. The lowest BCUT2D eigenvalue weighted by Gasteiger charge is -2.24. The molecule has 1 aliphatic rings. The molecule has 2 unspecified atom stereocenters. The molecular weight excluding hydrogens is 312 g/mol. The van der Waals surface area contributed by atoms with Gasteiger partial charge < -0.3 is 10.4 Å². The summed E-state index contributed by atoms with van der Waals surface area (Å²) in [5.74, 6) is -0.0292. The van der Waals surface area contributed by atoms with E-state index in [9.17, 15) is 9.90 Å². The molecule has 4 heteroatoms. The Balaban J connectivity index is 1.61. The quantitative estimate of drug-likeness (QED) is 0.851. The van der Waals surface area contributed by atoms with E-state index < -0.39 is 0 Å². The molecule has 1 saturated heterocycles. The van der Waals surface area contributed by atoms with Gasteiger partial charge >= 0.3 is 0 Å². The number of nitrogens with one attached hydrogen (secondary N) is 1. The molecule has 1 amide bonds. The van der Waals surface area contributed by atoms with E-state index in [4.69, 9.17) is 0 Å². The lowest BCUT2D eigenvalue weighted by Crippen LogP contribution is -2.40. The molecule has 1 heterocycles. The average molecular weight is 338 g/mol. The molecule has 0 aliphatic carbocycles. The Morgan fingerprint density at radius 1 is 1.16 bits per heavy atom. The first kappa shape index (κ1) is 17.6. The van der Waals surface area contributed by atoms with Crippen LogP contribution in [0.25, 0.3) is 0 Å². The molecule has 0 aromatic heterocycles. The first-order valence-corrected chi connectivity index (χ1v) is 8.99. The van der Waals surface area contributed by atoms with Gasteiger partial charge in [0.2, 0.25) is 0 Å². The standard InChI is InChI=1S/C21H26N2O2/c1-2-17-10-6-7-11-20(17)21(25)22-13-18-12-19(24)15-23(18)14-16-8-4-3-5-9-16/h3-11,18-19,24H,2,12-15H2,1H3,(H,22,25). The number of rotatable bonds is 6. The second-order valence-electron chi connectivity index (χ2n) is 6.68. The normalized spacial score (nSPS) is 20.6. The molecule has 0 spiro atoms. The van der Waals surface area contributed by atoms with Crippen molar-refractivity contribution in [2.45, 2.75) is 38.5 Å². The lowest BCUT2D eigenvalue weighted by molar-refractivity contribution is 0.0939. The monoisotopic (exact) mass is 338 g/mol. The van der Waals surface area contributed by atoms with Crippen molar-refractivity contribution in [2.24, 2.45) is 0 Å². The number of amides is 1. The molecule has 2 N–H and O–H groups in total. The molecule has 2 aromatic carbocycles. The first-order valence-electron chi connectivity index (χ1n) is 8.99. The predicted molar refractivity (Wildman–Crippen MR) is 99.4 cm³/mol. The largest absolute Gasteiger partial charge is 0.392 e. The maximum absolute atomic E-state index is 12.5. The second kappa shape index (κ2) is 8.28. The van der Waals surface area contributed by atoms with Gasteiger partial charge in [-0.25, -0.2) is 0 Å². The van der Waals surface area contributed by atoms with E-state index in [0.717, 1.165) is 24.1 Å². The van der Waals surface area contributed by atoms with Crippen LogP contribution in [0.4, 0.5) is 0 Å². The molecule has 0 bridgehead atoms. The average Bonchev–Trinajstić information content (AvgIpc) is 2.99. The van der Waals surface area contributed by atoms with Crippen molar-refractivity contribution in [3.63, 3.8) is 0 Å². The maximum Gasteiger partial charge on any atom is 0.251 e. The van der Waals surface area contributed by atoms with Crippen LogP contribution < -0.4 is 5.32 Å². The topological polar surface area (TPSA) is 52.6 Å². The fraction of sp³-hybridized carbons (Fsp3) is 0.381. The molecule has 0 saturated carbocycles. The van der Waals surface area contributed by atoms with E-state index in [0.29, 0.717) is 19.5 Å². The van der Waals surface area contributed by atoms with Crippen LogP contribution in [0.15, 0.2) is 54.6 Å². The molecular formula is C21H26N2O2. The third-order valence-corrected chi connectivity index (χ3v) is 4.88. The van der Waals surface area contributed by atoms with Crippen LogP contribution in [-0.4, -0.2) is 41.1 Å². The summed E-state index contributed by atoms with van der Waals surface area (Å²) < 4.78 is 0. The summed E-state index contributed by atoms with van der Waals surface area (Å²) in [6.45, 7) is 4.06. The Hall–Kier alpha value is -2.17. The number of likely N-dealkylation sites (tertiary alicyclic amines) is 1. The number of β-amino-alcohol motifs (C(OH)–C–C–N with tert-alkyl or cyclic N) is 1. The fourth-order valence-corrected chi connectivity index (χ4v) is 3.54. The number of hydrogen-bond acceptors (Lipinski definition) is 3. The summed E-state index contributed by atoms with van der Waals surface area (Å²) in [6.07, 6.45) is 1.21. The predicted octanol–water partition coefficient (Wildman–Crippen LogP) is 2.61. The van der Waals surface area contributed by atoms with Gasteiger partial charge in [-0.1, -0.05) is 55.5 Å². The zero-order chi connectivity index (χ0) is 17.6. The van der Waals surface area contributed by atoms with Gasteiger partial charge in [-0.05, 0) is 30.0 Å². The highest BCUT2D eigenvalue weighted by atomic mass is 16.3. The number of aryl methyl sites for hydroxylation is 1. The molecule has 3 rings (SSSR count). The van der Waals surface area contributed by atoms with Crippen LogP contribution in [0, 0.1) is 0 Å². The number of nitrogens with zero attached hydrogens (tertiary/aromatic N) is 1. The Morgan fingerprint density at radius 3 is 2.64 bits per heavy atom. The molecule has 0 radical (unpaired) electrons. The molecule has 1 fully saturated rings. The van der Waals surface area contributed by atoms with Gasteiger partial charge in [-0.15, -0.1) is 0 Å². The minimum atomic E-state index is -0.325. The number of aliphatic hydroxyl groups is 1. The molecule has 4 nitrogen and oxygen atoms in total. The number of carbonyl (C=O) groups is 1. The van der Waals surface area contributed by atoms with Crippen LogP contribution in [0.1, 0.15) is 34.8 Å². The highest BCUT2D eigenvalue weighted by molar-refractivity contribution is 5.95. The SMILES string of the molecule is CCc1ccccc1C(=O)NCC1CC(O)CN1Cc1ccccc1. The Morgan fingerprint density at radius 2 is 1.88 bits per heavy atom. The van der Waals surface area contributed by atoms with Gasteiger partial charge in [0, 0.05) is 31.2 Å². The molecule has 132 valence electrons. The van der Waals surface area contributed by atoms with Crippen molar-refractivity contribution in [3.05, 3.63) is 71.3 Å². The van der Waals surface area contributed by atoms with E-state index in [-0.39, 0.29) is 18.1 Å². The third kappa shape index (κ3) is 4.47. The van der Waals surface area contributed by atoms with Gasteiger partial charge in [0.05, 0.1) is 6.10 Å². The Bertz CT molecular complexity index is 702. The summed E-state index contributed by atoms with van der Waals surface area (Å²) in [5, 5.41) is 13.1. The van der Waals surface area contributed by atoms with Crippen LogP contribution in [0.3, 0.4) is 0 Å². The van der Waals surface area contributed by atoms with Gasteiger partial charge in [-0.2, -0.15) is 0 Å². The fourth-order valence-electron chi connectivity index (χ4n) is 3.54. The molecule has 2 atom stereocenters. The van der Waals surface area contributed by atoms with E-state index in [1.807, 2.05) is 42.5 Å². The van der Waals surface area contributed by atoms with Crippen molar-refractivity contribution in [1.29, 1.82) is 0 Å². The molecule has 25 heavy (non-hydrogen) atoms. The number of aliphatic hydroxyl groups excluding tert-OH is 1. The lowest BCUT2D eigenvalue weighted by atomic mass is 10.0. The van der Waals surface area contributed by atoms with E-state index >= 15 is 0 Å². The summed E-state index contributed by atoms with van der Waals surface area (Å²) in [4.78, 5) is 14.8.